The fourth-order valence-corrected chi connectivity index (χ4v) is 3.06. The van der Waals surface area contributed by atoms with Gasteiger partial charge in [0.2, 0.25) is 0 Å². The van der Waals surface area contributed by atoms with Gasteiger partial charge < -0.3 is 9.84 Å². The first kappa shape index (κ1) is 13.8. The average molecular weight is 281 g/mol. The number of thiazole rings is 1. The van der Waals surface area contributed by atoms with Gasteiger partial charge in [-0.25, -0.2) is 4.98 Å². The molecule has 3 atom stereocenters. The van der Waals surface area contributed by atoms with Crippen LogP contribution < -0.4 is 0 Å². The topological polar surface area (TPSA) is 42.4 Å². The van der Waals surface area contributed by atoms with Gasteiger partial charge in [-0.15, -0.1) is 11.3 Å². The minimum atomic E-state index is -4.45. The highest BCUT2D eigenvalue weighted by atomic mass is 32.1. The Kier molecular flexibility index (Phi) is 3.93. The van der Waals surface area contributed by atoms with Crippen LogP contribution in [-0.4, -0.2) is 22.8 Å². The third-order valence-corrected chi connectivity index (χ3v) is 4.24. The third-order valence-electron chi connectivity index (χ3n) is 3.13. The SMILES string of the molecule is CCC1OCCC1C(O)c1cnc(C(F)(F)F)s1. The molecule has 1 aliphatic rings. The van der Waals surface area contributed by atoms with E-state index in [-0.39, 0.29) is 16.9 Å². The molecule has 0 radical (unpaired) electrons. The van der Waals surface area contributed by atoms with Crippen molar-refractivity contribution in [1.82, 2.24) is 4.98 Å². The van der Waals surface area contributed by atoms with Crippen molar-refractivity contribution >= 4 is 11.3 Å². The summed E-state index contributed by atoms with van der Waals surface area (Å²) in [4.78, 5) is 3.58. The predicted octanol–water partition coefficient (Wildman–Crippen LogP) is 3.01. The van der Waals surface area contributed by atoms with Gasteiger partial charge in [-0.2, -0.15) is 13.2 Å². The van der Waals surface area contributed by atoms with Crippen molar-refractivity contribution < 1.29 is 23.0 Å². The van der Waals surface area contributed by atoms with E-state index in [9.17, 15) is 18.3 Å². The molecule has 1 aliphatic heterocycles. The quantitative estimate of drug-likeness (QED) is 0.926. The molecule has 2 rings (SSSR count). The molecule has 3 unspecified atom stereocenters. The van der Waals surface area contributed by atoms with E-state index in [1.165, 1.54) is 0 Å². The maximum Gasteiger partial charge on any atom is 0.443 e. The number of hydrogen-bond donors (Lipinski definition) is 1. The fourth-order valence-electron chi connectivity index (χ4n) is 2.21. The lowest BCUT2D eigenvalue weighted by atomic mass is 9.93. The third kappa shape index (κ3) is 2.67. The van der Waals surface area contributed by atoms with E-state index < -0.39 is 17.3 Å². The van der Waals surface area contributed by atoms with Crippen molar-refractivity contribution in [2.45, 2.75) is 38.1 Å². The first-order chi connectivity index (χ1) is 8.43. The van der Waals surface area contributed by atoms with E-state index >= 15 is 0 Å². The fraction of sp³-hybridized carbons (Fsp3) is 0.727. The second-order valence-electron chi connectivity index (χ2n) is 4.28. The van der Waals surface area contributed by atoms with Crippen LogP contribution in [0, 0.1) is 5.92 Å². The van der Waals surface area contributed by atoms with Crippen LogP contribution in [0.25, 0.3) is 0 Å². The van der Waals surface area contributed by atoms with Gasteiger partial charge in [0.05, 0.1) is 17.1 Å². The monoisotopic (exact) mass is 281 g/mol. The Morgan fingerprint density at radius 2 is 2.33 bits per heavy atom. The summed E-state index contributed by atoms with van der Waals surface area (Å²) in [5, 5.41) is 9.21. The molecule has 0 aliphatic carbocycles. The summed E-state index contributed by atoms with van der Waals surface area (Å²) in [7, 11) is 0. The minimum absolute atomic E-state index is 0.0866. The van der Waals surface area contributed by atoms with Crippen LogP contribution in [0.2, 0.25) is 0 Å². The lowest BCUT2D eigenvalue weighted by molar-refractivity contribution is -0.137. The normalized spacial score (nSPS) is 26.5. The highest BCUT2D eigenvalue weighted by molar-refractivity contribution is 7.11. The molecular weight excluding hydrogens is 267 g/mol. The Balaban J connectivity index is 2.14. The highest BCUT2D eigenvalue weighted by Crippen LogP contribution is 2.39. The zero-order chi connectivity index (χ0) is 13.3. The van der Waals surface area contributed by atoms with Crippen molar-refractivity contribution in [1.29, 1.82) is 0 Å². The van der Waals surface area contributed by atoms with Gasteiger partial charge in [0, 0.05) is 18.7 Å². The van der Waals surface area contributed by atoms with Gasteiger partial charge in [-0.3, -0.25) is 0 Å². The van der Waals surface area contributed by atoms with Crippen molar-refractivity contribution in [3.63, 3.8) is 0 Å². The molecular formula is C11H14F3NO2S. The zero-order valence-electron chi connectivity index (χ0n) is 9.78. The molecule has 1 aromatic heterocycles. The largest absolute Gasteiger partial charge is 0.443 e. The van der Waals surface area contributed by atoms with Crippen molar-refractivity contribution in [3.8, 4) is 0 Å². The maximum absolute atomic E-state index is 12.4. The molecule has 0 saturated carbocycles. The number of aromatic nitrogens is 1. The van der Waals surface area contributed by atoms with E-state index in [0.717, 1.165) is 12.6 Å². The van der Waals surface area contributed by atoms with Crippen LogP contribution in [0.1, 0.15) is 35.8 Å². The molecule has 0 bridgehead atoms. The van der Waals surface area contributed by atoms with Crippen LogP contribution in [0.4, 0.5) is 13.2 Å². The number of rotatable bonds is 3. The summed E-state index contributed by atoms with van der Waals surface area (Å²) in [5.74, 6) is -0.142. The van der Waals surface area contributed by atoms with Gasteiger partial charge in [0.25, 0.3) is 0 Å². The number of aliphatic hydroxyl groups is 1. The van der Waals surface area contributed by atoms with Crippen LogP contribution in [0.15, 0.2) is 6.20 Å². The van der Waals surface area contributed by atoms with Crippen molar-refractivity contribution in [3.05, 3.63) is 16.1 Å². The van der Waals surface area contributed by atoms with E-state index in [4.69, 9.17) is 4.74 Å². The number of hydrogen-bond acceptors (Lipinski definition) is 4. The van der Waals surface area contributed by atoms with E-state index in [2.05, 4.69) is 4.98 Å². The van der Waals surface area contributed by atoms with Crippen LogP contribution >= 0.6 is 11.3 Å². The number of nitrogens with zero attached hydrogens (tertiary/aromatic N) is 1. The Labute approximate surface area is 107 Å². The van der Waals surface area contributed by atoms with Crippen LogP contribution in [-0.2, 0) is 10.9 Å². The second-order valence-corrected chi connectivity index (χ2v) is 5.34. The Bertz CT molecular complexity index is 407. The first-order valence-corrected chi connectivity index (χ1v) is 6.57. The summed E-state index contributed by atoms with van der Waals surface area (Å²) < 4.78 is 42.7. The molecule has 1 N–H and O–H groups in total. The lowest BCUT2D eigenvalue weighted by Crippen LogP contribution is -2.21. The van der Waals surface area contributed by atoms with Gasteiger partial charge >= 0.3 is 6.18 Å². The first-order valence-electron chi connectivity index (χ1n) is 5.76. The molecule has 2 heterocycles. The Morgan fingerprint density at radius 3 is 2.89 bits per heavy atom. The summed E-state index contributed by atoms with van der Waals surface area (Å²) in [5.41, 5.74) is 0. The van der Waals surface area contributed by atoms with Crippen molar-refractivity contribution in [2.24, 2.45) is 5.92 Å². The van der Waals surface area contributed by atoms with Gasteiger partial charge in [-0.1, -0.05) is 6.92 Å². The number of ether oxygens (including phenoxy) is 1. The number of aliphatic hydroxyl groups excluding tert-OH is 1. The molecule has 0 amide bonds. The summed E-state index contributed by atoms with van der Waals surface area (Å²) in [6.45, 7) is 2.48. The Morgan fingerprint density at radius 1 is 1.61 bits per heavy atom. The number of halogens is 3. The molecule has 1 fully saturated rings. The van der Waals surface area contributed by atoms with E-state index in [1.807, 2.05) is 6.92 Å². The molecule has 102 valence electrons. The smallest absolute Gasteiger partial charge is 0.387 e. The average Bonchev–Trinajstić information content (AvgIpc) is 2.96. The zero-order valence-corrected chi connectivity index (χ0v) is 10.6. The van der Waals surface area contributed by atoms with Gasteiger partial charge in [-0.05, 0) is 12.8 Å². The van der Waals surface area contributed by atoms with Gasteiger partial charge in [0.15, 0.2) is 5.01 Å². The van der Waals surface area contributed by atoms with Crippen LogP contribution in [0.5, 0.6) is 0 Å². The highest BCUT2D eigenvalue weighted by Gasteiger charge is 2.38. The van der Waals surface area contributed by atoms with Crippen LogP contribution in [0.3, 0.4) is 0 Å². The molecule has 18 heavy (non-hydrogen) atoms. The molecule has 0 aromatic carbocycles. The minimum Gasteiger partial charge on any atom is -0.387 e. The number of alkyl halides is 3. The maximum atomic E-state index is 12.4. The second kappa shape index (κ2) is 5.14. The summed E-state index contributed by atoms with van der Waals surface area (Å²) >= 11 is 0.506. The lowest BCUT2D eigenvalue weighted by Gasteiger charge is -2.21. The van der Waals surface area contributed by atoms with E-state index in [1.54, 1.807) is 0 Å². The van der Waals surface area contributed by atoms with Gasteiger partial charge in [0.1, 0.15) is 0 Å². The molecule has 1 aromatic rings. The summed E-state index contributed by atoms with van der Waals surface area (Å²) in [6.07, 6.45) is -2.93. The predicted molar refractivity (Wildman–Crippen MR) is 60.2 cm³/mol. The molecule has 3 nitrogen and oxygen atoms in total. The standard InChI is InChI=1S/C11H14F3NO2S/c1-2-7-6(3-4-17-7)9(16)8-5-15-10(18-8)11(12,13)14/h5-7,9,16H,2-4H2,1H3. The summed E-state index contributed by atoms with van der Waals surface area (Å²) in [6, 6.07) is 0. The Hall–Kier alpha value is -0.660. The molecule has 1 saturated heterocycles. The molecule has 7 heteroatoms. The molecule has 0 spiro atoms. The van der Waals surface area contributed by atoms with E-state index in [0.29, 0.717) is 24.4 Å². The van der Waals surface area contributed by atoms with Crippen molar-refractivity contribution in [2.75, 3.05) is 6.61 Å².